The first-order valence-corrected chi connectivity index (χ1v) is 3.90. The molecule has 0 spiro atoms. The molecule has 1 rings (SSSR count). The number of hydrogen-bond acceptors (Lipinski definition) is 2. The number of aliphatic imine (C=N–C) groups is 1. The van der Waals surface area contributed by atoms with Crippen LogP contribution in [0.2, 0.25) is 0 Å². The van der Waals surface area contributed by atoms with Gasteiger partial charge in [-0.05, 0) is 6.92 Å². The fourth-order valence-corrected chi connectivity index (χ4v) is 0.912. The smallest absolute Gasteiger partial charge is 0.0906 e. The highest BCUT2D eigenvalue weighted by molar-refractivity contribution is 5.55. The van der Waals surface area contributed by atoms with E-state index in [1.807, 2.05) is 19.3 Å². The second kappa shape index (κ2) is 4.91. The molecule has 0 aromatic rings. The van der Waals surface area contributed by atoms with Crippen molar-refractivity contribution in [2.24, 2.45) is 4.99 Å². The van der Waals surface area contributed by atoms with E-state index in [1.54, 1.807) is 6.20 Å². The molecule has 1 saturated heterocycles. The summed E-state index contributed by atoms with van der Waals surface area (Å²) in [6, 6.07) is 0. The molecule has 1 aliphatic heterocycles. The van der Waals surface area contributed by atoms with Gasteiger partial charge in [-0.3, -0.25) is 0 Å². The Morgan fingerprint density at radius 2 is 2.09 bits per heavy atom. The molecule has 0 unspecified atom stereocenters. The van der Waals surface area contributed by atoms with Gasteiger partial charge in [-0.2, -0.15) is 0 Å². The normalized spacial score (nSPS) is 20.3. The number of rotatable bonds is 2. The molecular weight excluding hydrogens is 140 g/mol. The first-order chi connectivity index (χ1) is 5.43. The van der Waals surface area contributed by atoms with Crippen LogP contribution in [0.5, 0.6) is 0 Å². The lowest BCUT2D eigenvalue weighted by atomic mass is 10.5. The van der Waals surface area contributed by atoms with Gasteiger partial charge in [0.2, 0.25) is 0 Å². The van der Waals surface area contributed by atoms with Gasteiger partial charge < -0.3 is 9.64 Å². The van der Waals surface area contributed by atoms with E-state index in [0.717, 1.165) is 26.3 Å². The molecule has 3 nitrogen and oxygen atoms in total. The van der Waals surface area contributed by atoms with Crippen molar-refractivity contribution in [2.45, 2.75) is 6.92 Å². The Morgan fingerprint density at radius 1 is 1.36 bits per heavy atom. The van der Waals surface area contributed by atoms with E-state index in [-0.39, 0.29) is 0 Å². The maximum absolute atomic E-state index is 5.18. The first kappa shape index (κ1) is 8.27. The summed E-state index contributed by atoms with van der Waals surface area (Å²) in [7, 11) is 0. The molecule has 0 N–H and O–H groups in total. The van der Waals surface area contributed by atoms with E-state index in [2.05, 4.69) is 9.89 Å². The van der Waals surface area contributed by atoms with E-state index >= 15 is 0 Å². The third-order valence-corrected chi connectivity index (χ3v) is 1.51. The molecule has 1 fully saturated rings. The van der Waals surface area contributed by atoms with Crippen LogP contribution in [0.15, 0.2) is 17.3 Å². The quantitative estimate of drug-likeness (QED) is 0.435. The van der Waals surface area contributed by atoms with E-state index < -0.39 is 0 Å². The number of hydrogen-bond donors (Lipinski definition) is 0. The van der Waals surface area contributed by atoms with Gasteiger partial charge in [0, 0.05) is 19.3 Å². The summed E-state index contributed by atoms with van der Waals surface area (Å²) in [6.45, 7) is 5.52. The molecule has 0 aliphatic carbocycles. The van der Waals surface area contributed by atoms with Crippen LogP contribution >= 0.6 is 0 Å². The van der Waals surface area contributed by atoms with Crippen molar-refractivity contribution in [3.63, 3.8) is 0 Å². The van der Waals surface area contributed by atoms with Crippen molar-refractivity contribution in [2.75, 3.05) is 26.3 Å². The molecule has 0 aromatic carbocycles. The number of morpholine rings is 1. The zero-order valence-corrected chi connectivity index (χ0v) is 6.86. The van der Waals surface area contributed by atoms with Crippen LogP contribution in [0.4, 0.5) is 0 Å². The van der Waals surface area contributed by atoms with E-state index in [1.165, 1.54) is 0 Å². The molecule has 62 valence electrons. The monoisotopic (exact) mass is 154 g/mol. The van der Waals surface area contributed by atoms with E-state index in [0.29, 0.717) is 0 Å². The van der Waals surface area contributed by atoms with E-state index in [4.69, 9.17) is 4.74 Å². The minimum Gasteiger partial charge on any atom is -0.378 e. The van der Waals surface area contributed by atoms with Gasteiger partial charge in [0.1, 0.15) is 0 Å². The topological polar surface area (TPSA) is 24.8 Å². The van der Waals surface area contributed by atoms with Crippen LogP contribution in [-0.2, 0) is 4.74 Å². The zero-order chi connectivity index (χ0) is 7.94. The predicted octanol–water partition coefficient (Wildman–Crippen LogP) is 0.881. The van der Waals surface area contributed by atoms with Crippen LogP contribution in [0.1, 0.15) is 6.92 Å². The minimum atomic E-state index is 0.821. The van der Waals surface area contributed by atoms with Crippen LogP contribution in [0.3, 0.4) is 0 Å². The Hall–Kier alpha value is -0.830. The summed E-state index contributed by atoms with van der Waals surface area (Å²) in [5, 5.41) is 0. The summed E-state index contributed by atoms with van der Waals surface area (Å²) >= 11 is 0. The third kappa shape index (κ3) is 3.18. The van der Waals surface area contributed by atoms with Crippen molar-refractivity contribution in [3.05, 3.63) is 12.3 Å². The number of allylic oxidation sites excluding steroid dienone is 1. The van der Waals surface area contributed by atoms with Gasteiger partial charge in [-0.1, -0.05) is 6.08 Å². The molecule has 1 heterocycles. The van der Waals surface area contributed by atoms with E-state index in [9.17, 15) is 0 Å². The van der Waals surface area contributed by atoms with Crippen LogP contribution in [-0.4, -0.2) is 37.5 Å². The summed E-state index contributed by atoms with van der Waals surface area (Å²) in [5.74, 6) is 0. The van der Waals surface area contributed by atoms with Crippen LogP contribution in [0.25, 0.3) is 0 Å². The Kier molecular flexibility index (Phi) is 3.69. The highest BCUT2D eigenvalue weighted by Gasteiger charge is 2.04. The second-order valence-corrected chi connectivity index (χ2v) is 2.40. The second-order valence-electron chi connectivity index (χ2n) is 2.40. The standard InChI is InChI=1S/C8H14N2O/c1-2-3-9-8-10-4-6-11-7-5-10/h2-3,8H,4-7H2,1H3. The van der Waals surface area contributed by atoms with Gasteiger partial charge in [0.25, 0.3) is 0 Å². The summed E-state index contributed by atoms with van der Waals surface area (Å²) in [4.78, 5) is 6.23. The molecule has 0 bridgehead atoms. The van der Waals surface area contributed by atoms with Gasteiger partial charge in [-0.15, -0.1) is 0 Å². The Bertz CT molecular complexity index is 148. The molecule has 1 aliphatic rings. The van der Waals surface area contributed by atoms with Crippen molar-refractivity contribution in [1.82, 2.24) is 4.90 Å². The number of nitrogens with zero attached hydrogens (tertiary/aromatic N) is 2. The third-order valence-electron chi connectivity index (χ3n) is 1.51. The van der Waals surface area contributed by atoms with Crippen molar-refractivity contribution in [1.29, 1.82) is 0 Å². The lowest BCUT2D eigenvalue weighted by Crippen LogP contribution is -2.34. The average molecular weight is 154 g/mol. The Balaban J connectivity index is 2.23. The Morgan fingerprint density at radius 3 is 2.73 bits per heavy atom. The predicted molar refractivity (Wildman–Crippen MR) is 45.7 cm³/mol. The fraction of sp³-hybridized carbons (Fsp3) is 0.625. The largest absolute Gasteiger partial charge is 0.378 e. The van der Waals surface area contributed by atoms with Gasteiger partial charge >= 0.3 is 0 Å². The lowest BCUT2D eigenvalue weighted by Gasteiger charge is -2.23. The molecule has 0 atom stereocenters. The van der Waals surface area contributed by atoms with Crippen molar-refractivity contribution in [3.8, 4) is 0 Å². The molecule has 0 aromatic heterocycles. The fourth-order valence-electron chi connectivity index (χ4n) is 0.912. The van der Waals surface area contributed by atoms with Crippen molar-refractivity contribution >= 4 is 6.34 Å². The van der Waals surface area contributed by atoms with Gasteiger partial charge in [0.05, 0.1) is 19.6 Å². The first-order valence-electron chi connectivity index (χ1n) is 3.90. The molecule has 0 radical (unpaired) electrons. The minimum absolute atomic E-state index is 0.821. The van der Waals surface area contributed by atoms with Crippen LogP contribution < -0.4 is 0 Å². The van der Waals surface area contributed by atoms with Crippen LogP contribution in [0, 0.1) is 0 Å². The molecule has 0 amide bonds. The van der Waals surface area contributed by atoms with Gasteiger partial charge in [0.15, 0.2) is 0 Å². The number of ether oxygens (including phenoxy) is 1. The highest BCUT2D eigenvalue weighted by Crippen LogP contribution is 1.92. The lowest BCUT2D eigenvalue weighted by molar-refractivity contribution is 0.0701. The van der Waals surface area contributed by atoms with Crippen molar-refractivity contribution < 1.29 is 4.74 Å². The molecule has 3 heteroatoms. The Labute approximate surface area is 67.4 Å². The zero-order valence-electron chi connectivity index (χ0n) is 6.86. The molecular formula is C8H14N2O. The molecule has 11 heavy (non-hydrogen) atoms. The SMILES string of the molecule is CC=CN=CN1CCOCC1. The van der Waals surface area contributed by atoms with Gasteiger partial charge in [-0.25, -0.2) is 4.99 Å². The summed E-state index contributed by atoms with van der Waals surface area (Å²) in [6.07, 6.45) is 5.56. The molecule has 0 saturated carbocycles. The highest BCUT2D eigenvalue weighted by atomic mass is 16.5. The summed E-state index contributed by atoms with van der Waals surface area (Å²) in [5.41, 5.74) is 0. The average Bonchev–Trinajstić information content (AvgIpc) is 2.07. The maximum Gasteiger partial charge on any atom is 0.0906 e. The maximum atomic E-state index is 5.18. The summed E-state index contributed by atoms with van der Waals surface area (Å²) < 4.78 is 5.18.